The topological polar surface area (TPSA) is 78.4 Å². The van der Waals surface area contributed by atoms with E-state index in [0.717, 1.165) is 4.47 Å². The zero-order chi connectivity index (χ0) is 14.4. The number of carboxylic acid groups (broad SMARTS) is 1. The van der Waals surface area contributed by atoms with Gasteiger partial charge in [-0.25, -0.2) is 4.79 Å². The fourth-order valence-corrected chi connectivity index (χ4v) is 1.88. The molecule has 3 N–H and O–H groups in total. The van der Waals surface area contributed by atoms with Crippen LogP contribution in [0.4, 0.5) is 10.5 Å². The van der Waals surface area contributed by atoms with Crippen molar-refractivity contribution < 1.29 is 14.7 Å². The first-order valence-electron chi connectivity index (χ1n) is 5.94. The van der Waals surface area contributed by atoms with Gasteiger partial charge in [0.05, 0.1) is 0 Å². The lowest BCUT2D eigenvalue weighted by Crippen LogP contribution is -2.44. The first-order chi connectivity index (χ1) is 8.88. The zero-order valence-electron chi connectivity index (χ0n) is 10.8. The maximum Gasteiger partial charge on any atom is 0.405 e. The lowest BCUT2D eigenvalue weighted by atomic mass is 10.0. The van der Waals surface area contributed by atoms with Crippen LogP contribution in [0.2, 0.25) is 0 Å². The summed E-state index contributed by atoms with van der Waals surface area (Å²) in [7, 11) is 0. The fraction of sp³-hybridized carbons (Fsp3) is 0.385. The minimum absolute atomic E-state index is 0.215. The third kappa shape index (κ3) is 5.74. The number of hydrogen-bond donors (Lipinski definition) is 3. The first kappa shape index (κ1) is 15.5. The Morgan fingerprint density at radius 1 is 1.26 bits per heavy atom. The van der Waals surface area contributed by atoms with Gasteiger partial charge < -0.3 is 15.7 Å². The van der Waals surface area contributed by atoms with Gasteiger partial charge in [-0.3, -0.25) is 4.79 Å². The van der Waals surface area contributed by atoms with Crippen LogP contribution in [0.5, 0.6) is 0 Å². The summed E-state index contributed by atoms with van der Waals surface area (Å²) in [5.41, 5.74) is 0.633. The molecule has 0 aliphatic carbocycles. The summed E-state index contributed by atoms with van der Waals surface area (Å²) in [6.07, 6.45) is -0.745. The van der Waals surface area contributed by atoms with Gasteiger partial charge in [-0.05, 0) is 36.6 Å². The van der Waals surface area contributed by atoms with E-state index < -0.39 is 12.1 Å². The van der Waals surface area contributed by atoms with E-state index in [2.05, 4.69) is 26.6 Å². The second kappa shape index (κ2) is 7.13. The van der Waals surface area contributed by atoms with Crippen LogP contribution in [0, 0.1) is 5.92 Å². The predicted octanol–water partition coefficient (Wildman–Crippen LogP) is 3.07. The van der Waals surface area contributed by atoms with Crippen LogP contribution in [-0.4, -0.2) is 23.1 Å². The number of carbonyl (C=O) groups excluding carboxylic acids is 1. The highest BCUT2D eigenvalue weighted by Gasteiger charge is 2.21. The fourth-order valence-electron chi connectivity index (χ4n) is 1.61. The number of hydrogen-bond acceptors (Lipinski definition) is 2. The van der Waals surface area contributed by atoms with Gasteiger partial charge in [0.2, 0.25) is 5.91 Å². The average Bonchev–Trinajstić information content (AvgIpc) is 2.30. The highest BCUT2D eigenvalue weighted by Crippen LogP contribution is 2.15. The molecule has 2 amide bonds. The number of amides is 2. The molecular formula is C13H17BrN2O3. The van der Waals surface area contributed by atoms with Crippen molar-refractivity contribution in [3.8, 4) is 0 Å². The predicted molar refractivity (Wildman–Crippen MR) is 77.2 cm³/mol. The molecule has 0 aromatic heterocycles. The van der Waals surface area contributed by atoms with E-state index in [-0.39, 0.29) is 11.8 Å². The SMILES string of the molecule is CC(C)CC(NC(=O)O)C(=O)Nc1ccc(Br)cc1. The van der Waals surface area contributed by atoms with Gasteiger partial charge in [-0.15, -0.1) is 0 Å². The van der Waals surface area contributed by atoms with E-state index in [1.165, 1.54) is 0 Å². The lowest BCUT2D eigenvalue weighted by molar-refractivity contribution is -0.118. The molecule has 0 heterocycles. The summed E-state index contributed by atoms with van der Waals surface area (Å²) in [6, 6.07) is 6.35. The third-order valence-corrected chi connectivity index (χ3v) is 2.96. The van der Waals surface area contributed by atoms with E-state index >= 15 is 0 Å². The highest BCUT2D eigenvalue weighted by atomic mass is 79.9. The van der Waals surface area contributed by atoms with Crippen LogP contribution in [0.1, 0.15) is 20.3 Å². The minimum atomic E-state index is -1.20. The Hall–Kier alpha value is -1.56. The van der Waals surface area contributed by atoms with E-state index in [4.69, 9.17) is 5.11 Å². The van der Waals surface area contributed by atoms with Crippen molar-refractivity contribution in [3.63, 3.8) is 0 Å². The van der Waals surface area contributed by atoms with Gasteiger partial charge >= 0.3 is 6.09 Å². The van der Waals surface area contributed by atoms with Gasteiger partial charge in [0.1, 0.15) is 6.04 Å². The maximum atomic E-state index is 12.0. The maximum absolute atomic E-state index is 12.0. The quantitative estimate of drug-likeness (QED) is 0.777. The van der Waals surface area contributed by atoms with Crippen LogP contribution < -0.4 is 10.6 Å². The van der Waals surface area contributed by atoms with E-state index in [1.807, 2.05) is 13.8 Å². The molecule has 104 valence electrons. The third-order valence-electron chi connectivity index (χ3n) is 2.43. The monoisotopic (exact) mass is 328 g/mol. The summed E-state index contributed by atoms with van der Waals surface area (Å²) in [4.78, 5) is 22.7. The van der Waals surface area contributed by atoms with E-state index in [0.29, 0.717) is 12.1 Å². The molecule has 0 fully saturated rings. The summed E-state index contributed by atoms with van der Waals surface area (Å²) in [5.74, 6) is -0.133. The summed E-state index contributed by atoms with van der Waals surface area (Å²) < 4.78 is 0.910. The number of halogens is 1. The largest absolute Gasteiger partial charge is 0.465 e. The summed E-state index contributed by atoms with van der Waals surface area (Å²) in [5, 5.41) is 13.7. The highest BCUT2D eigenvalue weighted by molar-refractivity contribution is 9.10. The molecule has 0 saturated heterocycles. The smallest absolute Gasteiger partial charge is 0.405 e. The first-order valence-corrected chi connectivity index (χ1v) is 6.73. The van der Waals surface area contributed by atoms with Crippen molar-refractivity contribution in [2.75, 3.05) is 5.32 Å². The Labute approximate surface area is 120 Å². The molecule has 0 radical (unpaired) electrons. The Morgan fingerprint density at radius 3 is 2.32 bits per heavy atom. The minimum Gasteiger partial charge on any atom is -0.465 e. The second-order valence-electron chi connectivity index (χ2n) is 4.63. The Balaban J connectivity index is 2.70. The normalized spacial score (nSPS) is 12.0. The number of benzene rings is 1. The molecule has 0 bridgehead atoms. The molecule has 19 heavy (non-hydrogen) atoms. The van der Waals surface area contributed by atoms with Crippen molar-refractivity contribution in [2.45, 2.75) is 26.3 Å². The van der Waals surface area contributed by atoms with Crippen molar-refractivity contribution >= 4 is 33.6 Å². The van der Waals surface area contributed by atoms with Crippen LogP contribution in [0.25, 0.3) is 0 Å². The molecule has 1 rings (SSSR count). The van der Waals surface area contributed by atoms with Crippen LogP contribution in [0.3, 0.4) is 0 Å². The van der Waals surface area contributed by atoms with Gasteiger partial charge in [-0.1, -0.05) is 29.8 Å². The average molecular weight is 329 g/mol. The van der Waals surface area contributed by atoms with E-state index in [1.54, 1.807) is 24.3 Å². The summed E-state index contributed by atoms with van der Waals surface area (Å²) in [6.45, 7) is 3.87. The van der Waals surface area contributed by atoms with Crippen LogP contribution in [0.15, 0.2) is 28.7 Å². The zero-order valence-corrected chi connectivity index (χ0v) is 12.4. The van der Waals surface area contributed by atoms with Gasteiger partial charge in [-0.2, -0.15) is 0 Å². The molecule has 1 aromatic rings. The Morgan fingerprint density at radius 2 is 1.84 bits per heavy atom. The van der Waals surface area contributed by atoms with Gasteiger partial charge in [0.15, 0.2) is 0 Å². The number of anilines is 1. The molecule has 6 heteroatoms. The van der Waals surface area contributed by atoms with Gasteiger partial charge in [0.25, 0.3) is 0 Å². The van der Waals surface area contributed by atoms with Crippen molar-refractivity contribution in [1.29, 1.82) is 0 Å². The number of rotatable bonds is 5. The standard InChI is InChI=1S/C13H17BrN2O3/c1-8(2)7-11(16-13(18)19)12(17)15-10-5-3-9(14)4-6-10/h3-6,8,11,16H,7H2,1-2H3,(H,15,17)(H,18,19). The van der Waals surface area contributed by atoms with Crippen LogP contribution >= 0.6 is 15.9 Å². The molecule has 1 atom stereocenters. The lowest BCUT2D eigenvalue weighted by Gasteiger charge is -2.18. The van der Waals surface area contributed by atoms with Crippen molar-refractivity contribution in [2.24, 2.45) is 5.92 Å². The van der Waals surface area contributed by atoms with Crippen molar-refractivity contribution in [3.05, 3.63) is 28.7 Å². The van der Waals surface area contributed by atoms with E-state index in [9.17, 15) is 9.59 Å². The molecule has 5 nitrogen and oxygen atoms in total. The van der Waals surface area contributed by atoms with Gasteiger partial charge in [0, 0.05) is 10.2 Å². The second-order valence-corrected chi connectivity index (χ2v) is 5.54. The van der Waals surface area contributed by atoms with Crippen LogP contribution in [-0.2, 0) is 4.79 Å². The molecular weight excluding hydrogens is 312 g/mol. The molecule has 0 aliphatic heterocycles. The Kier molecular flexibility index (Phi) is 5.82. The van der Waals surface area contributed by atoms with Crippen molar-refractivity contribution in [1.82, 2.24) is 5.32 Å². The Bertz CT molecular complexity index is 446. The summed E-state index contributed by atoms with van der Waals surface area (Å²) >= 11 is 3.30. The number of nitrogens with one attached hydrogen (secondary N) is 2. The molecule has 1 unspecified atom stereocenters. The molecule has 0 aliphatic rings. The number of carbonyl (C=O) groups is 2. The molecule has 1 aromatic carbocycles. The molecule has 0 saturated carbocycles. The molecule has 0 spiro atoms.